The first-order valence-corrected chi connectivity index (χ1v) is 7.41. The normalized spacial score (nSPS) is 17.3. The Morgan fingerprint density at radius 1 is 1.21 bits per heavy atom. The number of rotatable bonds is 3. The summed E-state index contributed by atoms with van der Waals surface area (Å²) in [4.78, 5) is 10.0. The topological polar surface area (TPSA) is 107 Å². The van der Waals surface area contributed by atoms with Gasteiger partial charge in [-0.15, -0.1) is 0 Å². The minimum atomic E-state index is -3.60. The van der Waals surface area contributed by atoms with Crippen LogP contribution in [0.15, 0.2) is 23.1 Å². The molecule has 0 saturated carbocycles. The maximum Gasteiger partial charge on any atom is 0.292 e. The molecular formula is C11H15N3O4S. The van der Waals surface area contributed by atoms with Crippen molar-refractivity contribution < 1.29 is 13.3 Å². The van der Waals surface area contributed by atoms with Crippen molar-refractivity contribution in [1.29, 1.82) is 0 Å². The fourth-order valence-electron chi connectivity index (χ4n) is 2.11. The number of anilines is 1. The van der Waals surface area contributed by atoms with Crippen molar-refractivity contribution in [1.82, 2.24) is 4.31 Å². The summed E-state index contributed by atoms with van der Waals surface area (Å²) in [6, 6.07) is 3.52. The molecule has 8 heteroatoms. The van der Waals surface area contributed by atoms with Crippen molar-refractivity contribution in [3.8, 4) is 0 Å². The van der Waals surface area contributed by atoms with Gasteiger partial charge in [0, 0.05) is 19.2 Å². The number of nitrogens with zero attached hydrogens (tertiary/aromatic N) is 2. The highest BCUT2D eigenvalue weighted by Gasteiger charge is 2.27. The first-order valence-electron chi connectivity index (χ1n) is 5.97. The van der Waals surface area contributed by atoms with Crippen LogP contribution in [-0.2, 0) is 10.0 Å². The second-order valence-electron chi connectivity index (χ2n) is 4.44. The van der Waals surface area contributed by atoms with E-state index in [0.29, 0.717) is 13.1 Å². The zero-order valence-corrected chi connectivity index (χ0v) is 11.1. The van der Waals surface area contributed by atoms with Gasteiger partial charge in [0.2, 0.25) is 10.0 Å². The molecule has 104 valence electrons. The number of nitro benzene ring substituents is 1. The van der Waals surface area contributed by atoms with Gasteiger partial charge in [0.1, 0.15) is 5.69 Å². The minimum Gasteiger partial charge on any atom is -0.393 e. The van der Waals surface area contributed by atoms with E-state index in [1.807, 2.05) is 0 Å². The fourth-order valence-corrected chi connectivity index (χ4v) is 3.67. The highest BCUT2D eigenvalue weighted by molar-refractivity contribution is 7.89. The quantitative estimate of drug-likeness (QED) is 0.512. The lowest BCUT2D eigenvalue weighted by Gasteiger charge is -2.25. The molecule has 0 aromatic heterocycles. The maximum atomic E-state index is 12.3. The molecule has 0 spiro atoms. The SMILES string of the molecule is Nc1cc(S(=O)(=O)N2CCCCC2)ccc1[N+](=O)[O-]. The number of benzene rings is 1. The Balaban J connectivity index is 2.35. The summed E-state index contributed by atoms with van der Waals surface area (Å²) in [6.45, 7) is 0.971. The second-order valence-corrected chi connectivity index (χ2v) is 6.38. The number of hydrogen-bond acceptors (Lipinski definition) is 5. The van der Waals surface area contributed by atoms with Crippen LogP contribution in [0.1, 0.15) is 19.3 Å². The molecular weight excluding hydrogens is 270 g/mol. The van der Waals surface area contributed by atoms with Crippen LogP contribution >= 0.6 is 0 Å². The number of hydrogen-bond donors (Lipinski definition) is 1. The first kappa shape index (κ1) is 13.8. The number of nitrogen functional groups attached to an aromatic ring is 1. The van der Waals surface area contributed by atoms with E-state index in [1.165, 1.54) is 10.4 Å². The lowest BCUT2D eigenvalue weighted by Crippen LogP contribution is -2.35. The standard InChI is InChI=1S/C11H15N3O4S/c12-10-8-9(4-5-11(10)14(15)16)19(17,18)13-6-2-1-3-7-13/h4-5,8H,1-3,6-7,12H2. The molecule has 0 radical (unpaired) electrons. The minimum absolute atomic E-state index is 0.0116. The smallest absolute Gasteiger partial charge is 0.292 e. The Morgan fingerprint density at radius 2 is 1.84 bits per heavy atom. The van der Waals surface area contributed by atoms with Gasteiger partial charge in [0.25, 0.3) is 5.69 Å². The molecule has 0 amide bonds. The molecule has 1 aromatic carbocycles. The van der Waals surface area contributed by atoms with E-state index in [1.54, 1.807) is 0 Å². The van der Waals surface area contributed by atoms with E-state index in [2.05, 4.69) is 0 Å². The number of nitrogens with two attached hydrogens (primary N) is 1. The average molecular weight is 285 g/mol. The Bertz CT molecular complexity index is 594. The Hall–Kier alpha value is -1.67. The van der Waals surface area contributed by atoms with Crippen LogP contribution in [0, 0.1) is 10.1 Å². The zero-order valence-electron chi connectivity index (χ0n) is 10.3. The van der Waals surface area contributed by atoms with Crippen molar-refractivity contribution in [2.24, 2.45) is 0 Å². The molecule has 2 rings (SSSR count). The van der Waals surface area contributed by atoms with Gasteiger partial charge in [-0.05, 0) is 25.0 Å². The van der Waals surface area contributed by atoms with Gasteiger partial charge >= 0.3 is 0 Å². The molecule has 1 heterocycles. The van der Waals surface area contributed by atoms with Crippen LogP contribution in [0.25, 0.3) is 0 Å². The molecule has 1 aliphatic heterocycles. The van der Waals surface area contributed by atoms with Gasteiger partial charge in [-0.2, -0.15) is 4.31 Å². The van der Waals surface area contributed by atoms with Gasteiger partial charge in [0.05, 0.1) is 9.82 Å². The second kappa shape index (κ2) is 5.14. The predicted octanol–water partition coefficient (Wildman–Crippen LogP) is 1.35. The molecule has 0 atom stereocenters. The molecule has 0 aliphatic carbocycles. The van der Waals surface area contributed by atoms with Crippen LogP contribution in [-0.4, -0.2) is 30.7 Å². The Morgan fingerprint density at radius 3 is 2.37 bits per heavy atom. The van der Waals surface area contributed by atoms with Crippen LogP contribution in [0.3, 0.4) is 0 Å². The van der Waals surface area contributed by atoms with E-state index in [4.69, 9.17) is 5.73 Å². The molecule has 0 unspecified atom stereocenters. The summed E-state index contributed by atoms with van der Waals surface area (Å²) in [5.74, 6) is 0. The molecule has 1 fully saturated rings. The summed E-state index contributed by atoms with van der Waals surface area (Å²) in [5.41, 5.74) is 5.11. The molecule has 7 nitrogen and oxygen atoms in total. The summed E-state index contributed by atoms with van der Waals surface area (Å²) >= 11 is 0. The van der Waals surface area contributed by atoms with Crippen LogP contribution in [0.5, 0.6) is 0 Å². The van der Waals surface area contributed by atoms with Gasteiger partial charge < -0.3 is 5.73 Å². The van der Waals surface area contributed by atoms with Crippen LogP contribution < -0.4 is 5.73 Å². The summed E-state index contributed by atoms with van der Waals surface area (Å²) in [6.07, 6.45) is 2.69. The number of sulfonamides is 1. The van der Waals surface area contributed by atoms with Gasteiger partial charge in [-0.3, -0.25) is 10.1 Å². The molecule has 19 heavy (non-hydrogen) atoms. The van der Waals surface area contributed by atoms with Crippen LogP contribution in [0.4, 0.5) is 11.4 Å². The third-order valence-electron chi connectivity index (χ3n) is 3.15. The third-order valence-corrected chi connectivity index (χ3v) is 5.04. The van der Waals surface area contributed by atoms with E-state index >= 15 is 0 Å². The summed E-state index contributed by atoms with van der Waals surface area (Å²) in [5, 5.41) is 10.7. The summed E-state index contributed by atoms with van der Waals surface area (Å²) in [7, 11) is -3.60. The van der Waals surface area contributed by atoms with Crippen LogP contribution in [0.2, 0.25) is 0 Å². The lowest BCUT2D eigenvalue weighted by atomic mass is 10.2. The predicted molar refractivity (Wildman–Crippen MR) is 70.1 cm³/mol. The van der Waals surface area contributed by atoms with Gasteiger partial charge in [-0.25, -0.2) is 8.42 Å². The molecule has 2 N–H and O–H groups in total. The first-order chi connectivity index (χ1) is 8.93. The Kier molecular flexibility index (Phi) is 3.72. The van der Waals surface area contributed by atoms with Crippen molar-refractivity contribution in [2.45, 2.75) is 24.2 Å². The third kappa shape index (κ3) is 2.69. The van der Waals surface area contributed by atoms with E-state index in [0.717, 1.165) is 31.4 Å². The van der Waals surface area contributed by atoms with Crippen molar-refractivity contribution in [2.75, 3.05) is 18.8 Å². The van der Waals surface area contributed by atoms with E-state index < -0.39 is 14.9 Å². The van der Waals surface area contributed by atoms with Gasteiger partial charge in [-0.1, -0.05) is 6.42 Å². The van der Waals surface area contributed by atoms with E-state index in [9.17, 15) is 18.5 Å². The van der Waals surface area contributed by atoms with Crippen molar-refractivity contribution >= 4 is 21.4 Å². The highest BCUT2D eigenvalue weighted by atomic mass is 32.2. The molecule has 1 aliphatic rings. The van der Waals surface area contributed by atoms with Gasteiger partial charge in [0.15, 0.2) is 0 Å². The molecule has 1 aromatic rings. The summed E-state index contributed by atoms with van der Waals surface area (Å²) < 4.78 is 26.0. The van der Waals surface area contributed by atoms with Crippen molar-refractivity contribution in [3.63, 3.8) is 0 Å². The highest BCUT2D eigenvalue weighted by Crippen LogP contribution is 2.27. The largest absolute Gasteiger partial charge is 0.393 e. The molecule has 0 bridgehead atoms. The van der Waals surface area contributed by atoms with Crippen molar-refractivity contribution in [3.05, 3.63) is 28.3 Å². The van der Waals surface area contributed by atoms with E-state index in [-0.39, 0.29) is 16.3 Å². The maximum absolute atomic E-state index is 12.3. The number of nitro groups is 1. The zero-order chi connectivity index (χ0) is 14.0. The number of piperidine rings is 1. The molecule has 1 saturated heterocycles. The lowest BCUT2D eigenvalue weighted by molar-refractivity contribution is -0.383. The average Bonchev–Trinajstić information content (AvgIpc) is 2.39. The fraction of sp³-hybridized carbons (Fsp3) is 0.455. The Labute approximate surface area is 111 Å². The monoisotopic (exact) mass is 285 g/mol.